The highest BCUT2D eigenvalue weighted by molar-refractivity contribution is 7.40. The van der Waals surface area contributed by atoms with Gasteiger partial charge in [-0.05, 0) is 99.3 Å². The van der Waals surface area contributed by atoms with Crippen LogP contribution >= 0.6 is 8.58 Å². The number of benzene rings is 1. The van der Waals surface area contributed by atoms with Crippen molar-refractivity contribution in [1.82, 2.24) is 20.0 Å². The molecule has 2 unspecified atom stereocenters. The molecule has 1 heterocycles. The van der Waals surface area contributed by atoms with Crippen LogP contribution in [-0.4, -0.2) is 99.6 Å². The molecule has 0 amide bonds. The smallest absolute Gasteiger partial charge is 0.124 e. The molecule has 7 heteroatoms. The van der Waals surface area contributed by atoms with Gasteiger partial charge < -0.3 is 19.7 Å². The lowest BCUT2D eigenvalue weighted by atomic mass is 9.90. The minimum Gasteiger partial charge on any atom is -0.379 e. The fourth-order valence-corrected chi connectivity index (χ4v) is 8.16. The van der Waals surface area contributed by atoms with Crippen molar-refractivity contribution < 1.29 is 9.53 Å². The molecule has 1 aromatic carbocycles. The summed E-state index contributed by atoms with van der Waals surface area (Å²) < 4.78 is 5.20. The highest BCUT2D eigenvalue weighted by Gasteiger charge is 2.21. The van der Waals surface area contributed by atoms with Crippen molar-refractivity contribution in [1.29, 1.82) is 0 Å². The lowest BCUT2D eigenvalue weighted by Crippen LogP contribution is -2.40. The van der Waals surface area contributed by atoms with Gasteiger partial charge in [-0.25, -0.2) is 0 Å². The summed E-state index contributed by atoms with van der Waals surface area (Å²) in [6.45, 7) is 28.8. The minimum atomic E-state index is 0.237. The highest BCUT2D eigenvalue weighted by Crippen LogP contribution is 2.36. The molecule has 1 saturated carbocycles. The Morgan fingerprint density at radius 3 is 2.17 bits per heavy atom. The summed E-state index contributed by atoms with van der Waals surface area (Å²) in [7, 11) is 7.11. The van der Waals surface area contributed by atoms with Gasteiger partial charge in [-0.2, -0.15) is 0 Å². The third kappa shape index (κ3) is 18.8. The molecule has 2 atom stereocenters. The van der Waals surface area contributed by atoms with Crippen LogP contribution in [0, 0.1) is 5.92 Å². The topological polar surface area (TPSA) is 48.1 Å². The number of allylic oxidation sites excluding steroid dienone is 6. The molecule has 0 aromatic heterocycles. The molecule has 304 valence electrons. The Bertz CT molecular complexity index is 1260. The molecule has 0 radical (unpaired) electrons. The van der Waals surface area contributed by atoms with Gasteiger partial charge in [0, 0.05) is 43.8 Å². The van der Waals surface area contributed by atoms with Gasteiger partial charge in [0.2, 0.25) is 0 Å². The van der Waals surface area contributed by atoms with E-state index in [0.717, 1.165) is 71.4 Å². The fourth-order valence-electron chi connectivity index (χ4n) is 7.13. The van der Waals surface area contributed by atoms with Crippen LogP contribution in [0.25, 0.3) is 5.57 Å². The monoisotopic (exact) mass is 763 g/mol. The standard InChI is InChI=1S/C33H50N3OP.C7H15NO.C5H10.C2H4/c1-6-13-32(36(5)25-35(4)29-14-9-8-10-15-29)27(7-2)24-26-18-20-28(21-19-26)30-16-11-12-17-31(30)33(34-3)38-23-22-37;1-2-3-8-4-6-9-7-5-8;1-4-5(2)3;1-2/h7,16-22,29,33-34,38H,2,6,8-15,23-25H2,1,3-5H3;2-7H2,1H3;4-5H,1H2,2-3H3;1-2H2/b32-27+;;;. The number of rotatable bonds is 18. The van der Waals surface area contributed by atoms with Crippen LogP contribution in [-0.2, 0) is 16.0 Å². The Kier molecular flexibility index (Phi) is 28.0. The van der Waals surface area contributed by atoms with Crippen LogP contribution < -0.4 is 5.32 Å². The van der Waals surface area contributed by atoms with E-state index in [1.807, 2.05) is 13.1 Å². The van der Waals surface area contributed by atoms with Crippen molar-refractivity contribution in [3.63, 3.8) is 0 Å². The lowest BCUT2D eigenvalue weighted by Gasteiger charge is -2.36. The first-order chi connectivity index (χ1) is 26.2. The second kappa shape index (κ2) is 30.6. The van der Waals surface area contributed by atoms with E-state index in [9.17, 15) is 4.79 Å². The summed E-state index contributed by atoms with van der Waals surface area (Å²) in [5.74, 6) is 0.885. The first-order valence-electron chi connectivity index (χ1n) is 20.7. The van der Waals surface area contributed by atoms with Crippen molar-refractivity contribution in [2.75, 3.05) is 66.8 Å². The SMILES string of the molecule is C=C.C=C/C(Cc1ccc(C2=CCCC=C2C(NC)PCC=O)cc1)=C(/CCC)N(C)CN(C)C1CCCCC1.C=CC(C)C.CCCN1CCOCC1. The molecule has 54 heavy (non-hydrogen) atoms. The Morgan fingerprint density at radius 2 is 1.63 bits per heavy atom. The molecule has 1 aliphatic heterocycles. The third-order valence-electron chi connectivity index (χ3n) is 10.2. The van der Waals surface area contributed by atoms with E-state index >= 15 is 0 Å². The molecule has 6 nitrogen and oxygen atoms in total. The normalized spacial score (nSPS) is 17.4. The molecule has 4 rings (SSSR count). The van der Waals surface area contributed by atoms with Gasteiger partial charge in [0.05, 0.1) is 19.9 Å². The number of hydrogen-bond acceptors (Lipinski definition) is 6. The van der Waals surface area contributed by atoms with Crippen molar-refractivity contribution in [2.45, 2.75) is 110 Å². The summed E-state index contributed by atoms with van der Waals surface area (Å²) >= 11 is 0. The quantitative estimate of drug-likeness (QED) is 0.0528. The van der Waals surface area contributed by atoms with Crippen molar-refractivity contribution >= 4 is 20.4 Å². The molecule has 0 spiro atoms. The molecule has 3 aliphatic rings. The van der Waals surface area contributed by atoms with Crippen LogP contribution in [0.4, 0.5) is 0 Å². The van der Waals surface area contributed by atoms with E-state index in [4.69, 9.17) is 4.74 Å². The van der Waals surface area contributed by atoms with E-state index in [1.54, 1.807) is 0 Å². The van der Waals surface area contributed by atoms with Gasteiger partial charge in [-0.3, -0.25) is 9.80 Å². The molecule has 1 aromatic rings. The van der Waals surface area contributed by atoms with Crippen molar-refractivity contribution in [3.8, 4) is 0 Å². The average Bonchev–Trinajstić information content (AvgIpc) is 3.22. The first-order valence-corrected chi connectivity index (χ1v) is 22.0. The second-order valence-corrected chi connectivity index (χ2v) is 16.2. The van der Waals surface area contributed by atoms with E-state index < -0.39 is 0 Å². The fraction of sp³-hybridized carbons (Fsp3) is 0.596. The van der Waals surface area contributed by atoms with E-state index in [-0.39, 0.29) is 5.78 Å². The van der Waals surface area contributed by atoms with Gasteiger partial charge in [0.15, 0.2) is 0 Å². The summed E-state index contributed by atoms with van der Waals surface area (Å²) in [5.41, 5.74) is 8.00. The van der Waals surface area contributed by atoms with Gasteiger partial charge in [0.25, 0.3) is 0 Å². The maximum Gasteiger partial charge on any atom is 0.124 e. The van der Waals surface area contributed by atoms with Crippen LogP contribution in [0.1, 0.15) is 103 Å². The Balaban J connectivity index is 0.000000756. The highest BCUT2D eigenvalue weighted by atomic mass is 31.1. The number of carbonyl (C=O) groups is 1. The van der Waals surface area contributed by atoms with Gasteiger partial charge >= 0.3 is 0 Å². The summed E-state index contributed by atoms with van der Waals surface area (Å²) in [5, 5.41) is 3.44. The zero-order valence-electron chi connectivity index (χ0n) is 35.6. The number of carbonyl (C=O) groups excluding carboxylic acids is 1. The van der Waals surface area contributed by atoms with Crippen LogP contribution in [0.2, 0.25) is 0 Å². The Labute approximate surface area is 334 Å². The number of ether oxygens (including phenoxy) is 1. The van der Waals surface area contributed by atoms with Gasteiger partial charge in [-0.15, -0.1) is 19.7 Å². The van der Waals surface area contributed by atoms with Gasteiger partial charge in [0.1, 0.15) is 6.29 Å². The number of nitrogens with zero attached hydrogens (tertiary/aromatic N) is 3. The molecule has 0 bridgehead atoms. The molecule has 2 fully saturated rings. The maximum absolute atomic E-state index is 11.0. The second-order valence-electron chi connectivity index (χ2n) is 14.8. The zero-order chi connectivity index (χ0) is 40.1. The van der Waals surface area contributed by atoms with Crippen LogP contribution in [0.3, 0.4) is 0 Å². The number of nitrogens with one attached hydrogen (secondary N) is 1. The molecular formula is C47H79N4O2P. The predicted octanol–water partition coefficient (Wildman–Crippen LogP) is 10.5. The number of likely N-dealkylation sites (N-methyl/N-ethyl adjacent to an activating group) is 1. The molecule has 1 N–H and O–H groups in total. The Hall–Kier alpha value is -2.60. The number of morpholine rings is 1. The number of aldehydes is 1. The van der Waals surface area contributed by atoms with Crippen molar-refractivity contribution in [2.24, 2.45) is 5.92 Å². The zero-order valence-corrected chi connectivity index (χ0v) is 36.6. The predicted molar refractivity (Wildman–Crippen MR) is 241 cm³/mol. The van der Waals surface area contributed by atoms with Crippen LogP contribution in [0.15, 0.2) is 91.7 Å². The minimum absolute atomic E-state index is 0.237. The third-order valence-corrected chi connectivity index (χ3v) is 11.6. The first kappa shape index (κ1) is 49.4. The lowest BCUT2D eigenvalue weighted by molar-refractivity contribution is -0.105. The van der Waals surface area contributed by atoms with E-state index in [0.29, 0.717) is 26.7 Å². The summed E-state index contributed by atoms with van der Waals surface area (Å²) in [6, 6.07) is 9.83. The number of hydrogen-bond donors (Lipinski definition) is 1. The van der Waals surface area contributed by atoms with Crippen LogP contribution in [0.5, 0.6) is 0 Å². The van der Waals surface area contributed by atoms with E-state index in [1.165, 1.54) is 78.6 Å². The van der Waals surface area contributed by atoms with Gasteiger partial charge in [-0.1, -0.05) is 117 Å². The summed E-state index contributed by atoms with van der Waals surface area (Å²) in [4.78, 5) is 18.5. The Morgan fingerprint density at radius 1 is 1.00 bits per heavy atom. The largest absolute Gasteiger partial charge is 0.379 e. The maximum atomic E-state index is 11.0. The molecular weight excluding hydrogens is 684 g/mol. The molecule has 2 aliphatic carbocycles. The average molecular weight is 763 g/mol. The molecule has 1 saturated heterocycles. The van der Waals surface area contributed by atoms with E-state index in [2.05, 4.69) is 131 Å². The summed E-state index contributed by atoms with van der Waals surface area (Å²) in [6.07, 6.45) is 23.7. The van der Waals surface area contributed by atoms with Crippen molar-refractivity contribution in [3.05, 3.63) is 103 Å².